The molecule has 0 bridgehead atoms. The van der Waals surface area contributed by atoms with Crippen molar-refractivity contribution in [2.24, 2.45) is 0 Å². The first-order valence-electron chi connectivity index (χ1n) is 7.85. The topological polar surface area (TPSA) is 70.6 Å². The molecule has 0 spiro atoms. The van der Waals surface area contributed by atoms with Crippen LogP contribution in [0.15, 0.2) is 24.7 Å². The van der Waals surface area contributed by atoms with Crippen molar-refractivity contribution in [1.82, 2.24) is 19.7 Å². The molecule has 0 N–H and O–H groups in total. The number of anilines is 1. The third kappa shape index (κ3) is 2.33. The fraction of sp³-hybridized carbons (Fsp3) is 0.500. The van der Waals surface area contributed by atoms with Crippen LogP contribution in [-0.2, 0) is 0 Å². The van der Waals surface area contributed by atoms with Crippen molar-refractivity contribution in [3.8, 4) is 6.07 Å². The minimum Gasteiger partial charge on any atom is -0.354 e. The molecule has 6 heteroatoms. The monoisotopic (exact) mass is 294 g/mol. The Morgan fingerprint density at radius 3 is 2.91 bits per heavy atom. The summed E-state index contributed by atoms with van der Waals surface area (Å²) in [5, 5.41) is 13.2. The summed E-state index contributed by atoms with van der Waals surface area (Å²) in [5.74, 6) is 2.58. The molecule has 1 aliphatic carbocycles. The quantitative estimate of drug-likeness (QED) is 0.868. The average Bonchev–Trinajstić information content (AvgIpc) is 3.15. The van der Waals surface area contributed by atoms with E-state index < -0.39 is 0 Å². The van der Waals surface area contributed by atoms with Crippen molar-refractivity contribution >= 4 is 5.82 Å². The lowest BCUT2D eigenvalue weighted by atomic mass is 9.85. The van der Waals surface area contributed by atoms with E-state index in [1.165, 1.54) is 19.3 Å². The van der Waals surface area contributed by atoms with Gasteiger partial charge in [0.25, 0.3) is 0 Å². The summed E-state index contributed by atoms with van der Waals surface area (Å²) in [6.07, 6.45) is 10.1. The van der Waals surface area contributed by atoms with Crippen molar-refractivity contribution in [2.45, 2.75) is 37.6 Å². The number of nitriles is 1. The molecule has 4 rings (SSSR count). The van der Waals surface area contributed by atoms with Crippen LogP contribution in [0.25, 0.3) is 0 Å². The van der Waals surface area contributed by atoms with E-state index >= 15 is 0 Å². The summed E-state index contributed by atoms with van der Waals surface area (Å²) in [4.78, 5) is 11.5. The van der Waals surface area contributed by atoms with E-state index in [4.69, 9.17) is 10.2 Å². The van der Waals surface area contributed by atoms with Crippen LogP contribution in [0.2, 0.25) is 0 Å². The highest BCUT2D eigenvalue weighted by Gasteiger charge is 2.27. The zero-order valence-corrected chi connectivity index (χ0v) is 12.4. The van der Waals surface area contributed by atoms with Crippen LogP contribution in [0.4, 0.5) is 5.82 Å². The third-order valence-electron chi connectivity index (χ3n) is 4.72. The highest BCUT2D eigenvalue weighted by Crippen LogP contribution is 2.35. The van der Waals surface area contributed by atoms with Gasteiger partial charge in [0.15, 0.2) is 0 Å². The highest BCUT2D eigenvalue weighted by molar-refractivity contribution is 5.39. The summed E-state index contributed by atoms with van der Waals surface area (Å²) < 4.78 is 1.91. The molecule has 2 aliphatic rings. The molecular weight excluding hydrogens is 276 g/mol. The van der Waals surface area contributed by atoms with E-state index in [2.05, 4.69) is 21.1 Å². The number of aromatic nitrogens is 4. The van der Waals surface area contributed by atoms with Gasteiger partial charge in [-0.3, -0.25) is 4.68 Å². The standard InChI is InChI=1S/C16H18N6/c17-8-12-9-19-22(10-12)14-5-7-21(11-14)15-4-6-18-16(20-15)13-2-1-3-13/h4,6,9-10,13-14H,1-3,5,7,11H2. The summed E-state index contributed by atoms with van der Waals surface area (Å²) >= 11 is 0. The molecule has 1 unspecified atom stereocenters. The molecule has 1 saturated carbocycles. The molecule has 1 atom stereocenters. The fourth-order valence-corrected chi connectivity index (χ4v) is 3.16. The summed E-state index contributed by atoms with van der Waals surface area (Å²) in [6.45, 7) is 1.85. The van der Waals surface area contributed by atoms with Crippen molar-refractivity contribution in [3.63, 3.8) is 0 Å². The number of hydrogen-bond acceptors (Lipinski definition) is 5. The average molecular weight is 294 g/mol. The van der Waals surface area contributed by atoms with Gasteiger partial charge >= 0.3 is 0 Å². The number of nitrogens with zero attached hydrogens (tertiary/aromatic N) is 6. The van der Waals surface area contributed by atoms with Gasteiger partial charge in [-0.15, -0.1) is 0 Å². The van der Waals surface area contributed by atoms with E-state index in [0.717, 1.165) is 31.2 Å². The van der Waals surface area contributed by atoms with Crippen molar-refractivity contribution in [1.29, 1.82) is 5.26 Å². The maximum absolute atomic E-state index is 8.90. The van der Waals surface area contributed by atoms with E-state index in [1.807, 2.05) is 23.1 Å². The van der Waals surface area contributed by atoms with Crippen LogP contribution in [0.1, 0.15) is 49.0 Å². The minimum atomic E-state index is 0.309. The van der Waals surface area contributed by atoms with Crippen molar-refractivity contribution < 1.29 is 0 Å². The lowest BCUT2D eigenvalue weighted by Crippen LogP contribution is -2.23. The van der Waals surface area contributed by atoms with E-state index in [-0.39, 0.29) is 0 Å². The summed E-state index contributed by atoms with van der Waals surface area (Å²) in [5.41, 5.74) is 0.618. The van der Waals surface area contributed by atoms with Gasteiger partial charge in [-0.05, 0) is 25.3 Å². The second-order valence-electron chi connectivity index (χ2n) is 6.11. The van der Waals surface area contributed by atoms with Gasteiger partial charge < -0.3 is 4.90 Å². The normalized spacial score (nSPS) is 21.6. The Kier molecular flexibility index (Phi) is 3.26. The zero-order valence-electron chi connectivity index (χ0n) is 12.4. The first-order chi connectivity index (χ1) is 10.8. The molecule has 112 valence electrons. The third-order valence-corrected chi connectivity index (χ3v) is 4.72. The molecule has 1 saturated heterocycles. The zero-order chi connectivity index (χ0) is 14.9. The van der Waals surface area contributed by atoms with Gasteiger partial charge in [-0.2, -0.15) is 10.4 Å². The molecule has 2 aromatic heterocycles. The largest absolute Gasteiger partial charge is 0.354 e. The first-order valence-corrected chi connectivity index (χ1v) is 7.85. The van der Waals surface area contributed by atoms with Crippen LogP contribution in [-0.4, -0.2) is 32.8 Å². The maximum Gasteiger partial charge on any atom is 0.133 e. The number of hydrogen-bond donors (Lipinski definition) is 0. The molecule has 2 aromatic rings. The van der Waals surface area contributed by atoms with E-state index in [1.54, 1.807) is 6.20 Å². The van der Waals surface area contributed by atoms with Gasteiger partial charge in [0.05, 0.1) is 17.8 Å². The predicted molar refractivity (Wildman–Crippen MR) is 81.4 cm³/mol. The van der Waals surface area contributed by atoms with Gasteiger partial charge in [-0.1, -0.05) is 6.42 Å². The van der Waals surface area contributed by atoms with Gasteiger partial charge in [-0.25, -0.2) is 9.97 Å². The van der Waals surface area contributed by atoms with Gasteiger partial charge in [0.1, 0.15) is 17.7 Å². The Hall–Kier alpha value is -2.42. The van der Waals surface area contributed by atoms with Crippen LogP contribution in [0.3, 0.4) is 0 Å². The number of rotatable bonds is 3. The molecule has 3 heterocycles. The Balaban J connectivity index is 1.49. The summed E-state index contributed by atoms with van der Waals surface area (Å²) in [6, 6.07) is 4.43. The van der Waals surface area contributed by atoms with E-state index in [0.29, 0.717) is 17.5 Å². The lowest BCUT2D eigenvalue weighted by Gasteiger charge is -2.25. The maximum atomic E-state index is 8.90. The molecular formula is C16H18N6. The highest BCUT2D eigenvalue weighted by atomic mass is 15.3. The Labute approximate surface area is 129 Å². The lowest BCUT2D eigenvalue weighted by molar-refractivity contribution is 0.401. The second kappa shape index (κ2) is 5.41. The molecule has 1 aliphatic heterocycles. The first kappa shape index (κ1) is 13.3. The van der Waals surface area contributed by atoms with E-state index in [9.17, 15) is 0 Å². The van der Waals surface area contributed by atoms with Crippen LogP contribution in [0, 0.1) is 11.3 Å². The molecule has 0 radical (unpaired) electrons. The second-order valence-corrected chi connectivity index (χ2v) is 6.11. The Bertz CT molecular complexity index is 711. The van der Waals surface area contributed by atoms with Crippen LogP contribution >= 0.6 is 0 Å². The molecule has 0 aromatic carbocycles. The Morgan fingerprint density at radius 2 is 2.18 bits per heavy atom. The fourth-order valence-electron chi connectivity index (χ4n) is 3.16. The van der Waals surface area contributed by atoms with Gasteiger partial charge in [0.2, 0.25) is 0 Å². The molecule has 2 fully saturated rings. The smallest absolute Gasteiger partial charge is 0.133 e. The predicted octanol–water partition coefficient (Wildman–Crippen LogP) is 2.26. The molecule has 22 heavy (non-hydrogen) atoms. The van der Waals surface area contributed by atoms with Crippen molar-refractivity contribution in [2.75, 3.05) is 18.0 Å². The summed E-state index contributed by atoms with van der Waals surface area (Å²) in [7, 11) is 0. The molecule has 6 nitrogen and oxygen atoms in total. The van der Waals surface area contributed by atoms with Crippen molar-refractivity contribution in [3.05, 3.63) is 36.0 Å². The SMILES string of the molecule is N#Cc1cnn(C2CCN(c3ccnc(C4CCC4)n3)C2)c1. The minimum absolute atomic E-state index is 0.309. The van der Waals surface area contributed by atoms with Gasteiger partial charge in [0, 0.05) is 31.4 Å². The molecule has 0 amide bonds. The van der Waals surface area contributed by atoms with Crippen LogP contribution in [0.5, 0.6) is 0 Å². The van der Waals surface area contributed by atoms with Crippen LogP contribution < -0.4 is 4.90 Å². The Morgan fingerprint density at radius 1 is 1.27 bits per heavy atom.